The highest BCUT2D eigenvalue weighted by Gasteiger charge is 2.15. The molecule has 24 heavy (non-hydrogen) atoms. The van der Waals surface area contributed by atoms with Gasteiger partial charge in [-0.1, -0.05) is 41.1 Å². The number of aryl methyl sites for hydroxylation is 1. The van der Waals surface area contributed by atoms with Crippen molar-refractivity contribution in [3.8, 4) is 5.75 Å². The highest BCUT2D eigenvalue weighted by atomic mass is 79.9. The molecular weight excluding hydrogens is 396 g/mol. The van der Waals surface area contributed by atoms with Crippen LogP contribution < -0.4 is 15.0 Å². The SMILES string of the molecule is CCc1ccc(OCC(=O)NNS(=O)(=O)c2cccc(Br)c2)cc1. The highest BCUT2D eigenvalue weighted by Crippen LogP contribution is 2.15. The Bertz CT molecular complexity index is 807. The lowest BCUT2D eigenvalue weighted by Crippen LogP contribution is -2.43. The lowest BCUT2D eigenvalue weighted by atomic mass is 10.2. The molecule has 2 rings (SSSR count). The number of hydrazine groups is 1. The first-order valence-electron chi connectivity index (χ1n) is 7.18. The molecule has 0 aliphatic carbocycles. The molecular formula is C16H17BrN2O4S. The fourth-order valence-corrected chi connectivity index (χ4v) is 3.28. The summed E-state index contributed by atoms with van der Waals surface area (Å²) in [7, 11) is -3.84. The van der Waals surface area contributed by atoms with E-state index in [-0.39, 0.29) is 11.5 Å². The zero-order valence-electron chi connectivity index (χ0n) is 13.0. The van der Waals surface area contributed by atoms with E-state index in [2.05, 4.69) is 21.4 Å². The van der Waals surface area contributed by atoms with Gasteiger partial charge in [-0.15, -0.1) is 4.83 Å². The van der Waals surface area contributed by atoms with Gasteiger partial charge in [0.2, 0.25) is 0 Å². The van der Waals surface area contributed by atoms with Crippen molar-refractivity contribution in [1.29, 1.82) is 0 Å². The third-order valence-electron chi connectivity index (χ3n) is 3.13. The maximum Gasteiger partial charge on any atom is 0.272 e. The van der Waals surface area contributed by atoms with E-state index in [1.807, 2.05) is 23.9 Å². The molecule has 8 heteroatoms. The number of carbonyl (C=O) groups excluding carboxylic acids is 1. The van der Waals surface area contributed by atoms with Gasteiger partial charge in [-0.05, 0) is 42.3 Å². The molecule has 0 radical (unpaired) electrons. The molecule has 0 atom stereocenters. The Morgan fingerprint density at radius 3 is 2.50 bits per heavy atom. The molecule has 0 saturated carbocycles. The highest BCUT2D eigenvalue weighted by molar-refractivity contribution is 9.10. The maximum atomic E-state index is 12.0. The third-order valence-corrected chi connectivity index (χ3v) is 4.87. The zero-order valence-corrected chi connectivity index (χ0v) is 15.4. The van der Waals surface area contributed by atoms with E-state index in [9.17, 15) is 13.2 Å². The van der Waals surface area contributed by atoms with Crippen molar-refractivity contribution < 1.29 is 17.9 Å². The normalized spacial score (nSPS) is 11.1. The maximum absolute atomic E-state index is 12.0. The fourth-order valence-electron chi connectivity index (χ4n) is 1.82. The Balaban J connectivity index is 1.86. The van der Waals surface area contributed by atoms with Crippen molar-refractivity contribution in [3.05, 3.63) is 58.6 Å². The molecule has 128 valence electrons. The molecule has 2 aromatic carbocycles. The van der Waals surface area contributed by atoms with Crippen molar-refractivity contribution in [2.24, 2.45) is 0 Å². The molecule has 0 aliphatic rings. The Labute approximate surface area is 149 Å². The van der Waals surface area contributed by atoms with Gasteiger partial charge in [0.25, 0.3) is 15.9 Å². The average molecular weight is 413 g/mol. The molecule has 0 aliphatic heterocycles. The predicted molar refractivity (Wildman–Crippen MR) is 93.9 cm³/mol. The van der Waals surface area contributed by atoms with Crippen molar-refractivity contribution in [3.63, 3.8) is 0 Å². The molecule has 0 bridgehead atoms. The first-order chi connectivity index (χ1) is 11.4. The summed E-state index contributed by atoms with van der Waals surface area (Å²) in [5, 5.41) is 0. The summed E-state index contributed by atoms with van der Waals surface area (Å²) >= 11 is 3.20. The van der Waals surface area contributed by atoms with Crippen LogP contribution in [0.4, 0.5) is 0 Å². The number of carbonyl (C=O) groups is 1. The van der Waals surface area contributed by atoms with Crippen LogP contribution in [-0.4, -0.2) is 20.9 Å². The second-order valence-corrected chi connectivity index (χ2v) is 7.50. The molecule has 2 N–H and O–H groups in total. The van der Waals surface area contributed by atoms with E-state index in [0.29, 0.717) is 10.2 Å². The number of rotatable bonds is 7. The van der Waals surface area contributed by atoms with Gasteiger partial charge in [0, 0.05) is 4.47 Å². The largest absolute Gasteiger partial charge is 0.484 e. The summed E-state index contributed by atoms with van der Waals surface area (Å²) in [6.07, 6.45) is 0.915. The standard InChI is InChI=1S/C16H17BrN2O4S/c1-2-12-6-8-14(9-7-12)23-11-16(20)18-19-24(21,22)15-5-3-4-13(17)10-15/h3-10,19H,2,11H2,1H3,(H,18,20). The number of hydrogen-bond donors (Lipinski definition) is 2. The lowest BCUT2D eigenvalue weighted by molar-refractivity contribution is -0.123. The van der Waals surface area contributed by atoms with Crippen molar-refractivity contribution in [2.75, 3.05) is 6.61 Å². The number of sulfonamides is 1. The van der Waals surface area contributed by atoms with Crippen molar-refractivity contribution in [1.82, 2.24) is 10.3 Å². The topological polar surface area (TPSA) is 84.5 Å². The zero-order chi connectivity index (χ0) is 17.6. The van der Waals surface area contributed by atoms with Crippen LogP contribution in [0.5, 0.6) is 5.75 Å². The van der Waals surface area contributed by atoms with E-state index in [0.717, 1.165) is 12.0 Å². The van der Waals surface area contributed by atoms with Gasteiger partial charge >= 0.3 is 0 Å². The summed E-state index contributed by atoms with van der Waals surface area (Å²) < 4.78 is 30.0. The summed E-state index contributed by atoms with van der Waals surface area (Å²) in [6, 6.07) is 13.5. The second-order valence-electron chi connectivity index (χ2n) is 4.90. The van der Waals surface area contributed by atoms with Crippen LogP contribution in [0.3, 0.4) is 0 Å². The van der Waals surface area contributed by atoms with Crippen LogP contribution in [0.15, 0.2) is 57.9 Å². The first-order valence-corrected chi connectivity index (χ1v) is 9.46. The Hall–Kier alpha value is -1.90. The van der Waals surface area contributed by atoms with E-state index in [1.165, 1.54) is 12.1 Å². The number of halogens is 1. The van der Waals surface area contributed by atoms with Gasteiger partial charge < -0.3 is 4.74 Å². The third kappa shape index (κ3) is 5.33. The van der Waals surface area contributed by atoms with E-state index in [4.69, 9.17) is 4.74 Å². The molecule has 0 aromatic heterocycles. The Morgan fingerprint density at radius 2 is 1.88 bits per heavy atom. The minimum absolute atomic E-state index is 0.0354. The van der Waals surface area contributed by atoms with Gasteiger partial charge in [-0.25, -0.2) is 8.42 Å². The molecule has 0 heterocycles. The minimum atomic E-state index is -3.84. The van der Waals surface area contributed by atoms with Gasteiger partial charge in [0.05, 0.1) is 4.90 Å². The molecule has 1 amide bonds. The van der Waals surface area contributed by atoms with Gasteiger partial charge in [-0.2, -0.15) is 0 Å². The van der Waals surface area contributed by atoms with Crippen LogP contribution in [-0.2, 0) is 21.2 Å². The monoisotopic (exact) mass is 412 g/mol. The molecule has 0 saturated heterocycles. The minimum Gasteiger partial charge on any atom is -0.484 e. The molecule has 6 nitrogen and oxygen atoms in total. The van der Waals surface area contributed by atoms with Gasteiger partial charge in [-0.3, -0.25) is 10.2 Å². The Kier molecular flexibility index (Phi) is 6.36. The summed E-state index contributed by atoms with van der Waals surface area (Å²) in [6.45, 7) is 1.74. The van der Waals surface area contributed by atoms with Crippen molar-refractivity contribution in [2.45, 2.75) is 18.2 Å². The summed E-state index contributed by atoms with van der Waals surface area (Å²) in [4.78, 5) is 13.8. The molecule has 2 aromatic rings. The molecule has 0 fully saturated rings. The number of amides is 1. The lowest BCUT2D eigenvalue weighted by Gasteiger charge is -2.10. The molecule has 0 spiro atoms. The molecule has 0 unspecified atom stereocenters. The van der Waals surface area contributed by atoms with Gasteiger partial charge in [0.1, 0.15) is 5.75 Å². The average Bonchev–Trinajstić information content (AvgIpc) is 2.58. The number of benzene rings is 2. The van der Waals surface area contributed by atoms with E-state index in [1.54, 1.807) is 24.3 Å². The van der Waals surface area contributed by atoms with E-state index >= 15 is 0 Å². The van der Waals surface area contributed by atoms with Crippen molar-refractivity contribution >= 4 is 31.9 Å². The summed E-state index contributed by atoms with van der Waals surface area (Å²) in [5.41, 5.74) is 3.28. The second kappa shape index (κ2) is 8.27. The fraction of sp³-hybridized carbons (Fsp3) is 0.188. The quantitative estimate of drug-likeness (QED) is 0.683. The number of hydrogen-bond acceptors (Lipinski definition) is 4. The van der Waals surface area contributed by atoms with Crippen LogP contribution in [0, 0.1) is 0 Å². The number of nitrogens with one attached hydrogen (secondary N) is 2. The summed E-state index contributed by atoms with van der Waals surface area (Å²) in [5.74, 6) is -0.0645. The Morgan fingerprint density at radius 1 is 1.17 bits per heavy atom. The smallest absolute Gasteiger partial charge is 0.272 e. The van der Waals surface area contributed by atoms with Gasteiger partial charge in [0.15, 0.2) is 6.61 Å². The van der Waals surface area contributed by atoms with E-state index < -0.39 is 15.9 Å². The van der Waals surface area contributed by atoms with Crippen LogP contribution in [0.25, 0.3) is 0 Å². The van der Waals surface area contributed by atoms with Crippen LogP contribution in [0.2, 0.25) is 0 Å². The van der Waals surface area contributed by atoms with Crippen LogP contribution >= 0.6 is 15.9 Å². The number of ether oxygens (including phenoxy) is 1. The first kappa shape index (κ1) is 18.4. The van der Waals surface area contributed by atoms with Crippen LogP contribution in [0.1, 0.15) is 12.5 Å². The predicted octanol–water partition coefficient (Wildman–Crippen LogP) is 2.40.